The lowest BCUT2D eigenvalue weighted by molar-refractivity contribution is 0.0644. The number of likely N-dealkylation sites (tertiary alicyclic amines) is 2. The lowest BCUT2D eigenvalue weighted by Crippen LogP contribution is -2.45. The number of rotatable bonds is 4. The molecule has 0 bridgehead atoms. The lowest BCUT2D eigenvalue weighted by atomic mass is 10.0. The smallest absolute Gasteiger partial charge is 0.253 e. The van der Waals surface area contributed by atoms with E-state index in [0.717, 1.165) is 38.8 Å². The maximum atomic E-state index is 12.9. The molecule has 29 heavy (non-hydrogen) atoms. The Kier molecular flexibility index (Phi) is 6.27. The maximum absolute atomic E-state index is 12.9. The zero-order chi connectivity index (χ0) is 20.4. The molecule has 160 valence electrons. The van der Waals surface area contributed by atoms with E-state index in [9.17, 15) is 13.2 Å². The highest BCUT2D eigenvalue weighted by Crippen LogP contribution is 2.25. The van der Waals surface area contributed by atoms with E-state index in [4.69, 9.17) is 0 Å². The predicted molar refractivity (Wildman–Crippen MR) is 113 cm³/mol. The van der Waals surface area contributed by atoms with Crippen molar-refractivity contribution in [1.29, 1.82) is 0 Å². The molecular weight excluding hydrogens is 386 g/mol. The molecule has 0 saturated carbocycles. The Morgan fingerprint density at radius 1 is 0.862 bits per heavy atom. The minimum Gasteiger partial charge on any atom is -0.339 e. The molecule has 3 heterocycles. The van der Waals surface area contributed by atoms with Gasteiger partial charge in [0, 0.05) is 37.8 Å². The molecule has 0 spiro atoms. The minimum atomic E-state index is -3.47. The maximum Gasteiger partial charge on any atom is 0.253 e. The van der Waals surface area contributed by atoms with Crippen molar-refractivity contribution in [1.82, 2.24) is 14.1 Å². The van der Waals surface area contributed by atoms with E-state index in [1.165, 1.54) is 25.9 Å². The van der Waals surface area contributed by atoms with Gasteiger partial charge in [-0.1, -0.05) is 6.92 Å². The predicted octanol–water partition coefficient (Wildman–Crippen LogP) is 2.81. The fourth-order valence-corrected chi connectivity index (χ4v) is 6.34. The first-order valence-corrected chi connectivity index (χ1v) is 12.5. The number of nitrogens with zero attached hydrogens (tertiary/aromatic N) is 3. The van der Waals surface area contributed by atoms with Crippen molar-refractivity contribution in [3.05, 3.63) is 29.8 Å². The van der Waals surface area contributed by atoms with Crippen LogP contribution in [0.15, 0.2) is 29.2 Å². The number of sulfonamides is 1. The Hall–Kier alpha value is -1.44. The van der Waals surface area contributed by atoms with Crippen LogP contribution in [0.1, 0.15) is 55.8 Å². The first-order valence-electron chi connectivity index (χ1n) is 11.1. The summed E-state index contributed by atoms with van der Waals surface area (Å²) in [5.41, 5.74) is 0.579. The molecule has 6 nitrogen and oxygen atoms in total. The van der Waals surface area contributed by atoms with Gasteiger partial charge < -0.3 is 9.80 Å². The van der Waals surface area contributed by atoms with E-state index >= 15 is 0 Å². The van der Waals surface area contributed by atoms with Gasteiger partial charge in [0.2, 0.25) is 10.0 Å². The second kappa shape index (κ2) is 8.74. The molecular formula is C22H33N3O3S. The molecule has 0 aliphatic carbocycles. The minimum absolute atomic E-state index is 0.0145. The van der Waals surface area contributed by atoms with Crippen LogP contribution in [0.5, 0.6) is 0 Å². The Morgan fingerprint density at radius 3 is 2.03 bits per heavy atom. The van der Waals surface area contributed by atoms with E-state index in [0.29, 0.717) is 30.6 Å². The van der Waals surface area contributed by atoms with E-state index in [1.54, 1.807) is 28.6 Å². The van der Waals surface area contributed by atoms with E-state index < -0.39 is 10.0 Å². The first-order chi connectivity index (χ1) is 13.9. The molecule has 1 amide bonds. The van der Waals surface area contributed by atoms with Gasteiger partial charge in [-0.3, -0.25) is 4.79 Å². The van der Waals surface area contributed by atoms with Gasteiger partial charge in [-0.25, -0.2) is 8.42 Å². The van der Waals surface area contributed by atoms with Crippen molar-refractivity contribution in [3.63, 3.8) is 0 Å². The molecule has 0 radical (unpaired) electrons. The fourth-order valence-electron chi connectivity index (χ4n) is 4.87. The summed E-state index contributed by atoms with van der Waals surface area (Å²) in [6.07, 6.45) is 6.47. The van der Waals surface area contributed by atoms with Crippen molar-refractivity contribution in [2.45, 2.75) is 56.4 Å². The van der Waals surface area contributed by atoms with Crippen molar-refractivity contribution >= 4 is 15.9 Å². The van der Waals surface area contributed by atoms with Crippen LogP contribution in [0.25, 0.3) is 0 Å². The average Bonchev–Trinajstić information content (AvgIpc) is 3.29. The van der Waals surface area contributed by atoms with Crippen molar-refractivity contribution in [2.24, 2.45) is 5.92 Å². The molecule has 1 aromatic rings. The van der Waals surface area contributed by atoms with Crippen LogP contribution in [0.2, 0.25) is 0 Å². The van der Waals surface area contributed by atoms with Gasteiger partial charge in [0.1, 0.15) is 0 Å². The number of piperidine rings is 2. The van der Waals surface area contributed by atoms with Gasteiger partial charge in [-0.15, -0.1) is 0 Å². The summed E-state index contributed by atoms with van der Waals surface area (Å²) in [6, 6.07) is 7.15. The Labute approximate surface area is 174 Å². The standard InChI is InChI=1S/C22H33N3O3S/c1-18-8-16-25(17-9-18)29(27,28)21-6-4-19(5-7-21)22(26)24-14-10-20(11-15-24)23-12-2-3-13-23/h4-7,18,20H,2-3,8-17H2,1H3. The second-order valence-electron chi connectivity index (χ2n) is 8.88. The number of hydrogen-bond acceptors (Lipinski definition) is 4. The molecule has 0 atom stereocenters. The Balaban J connectivity index is 1.37. The summed E-state index contributed by atoms with van der Waals surface area (Å²) >= 11 is 0. The third-order valence-electron chi connectivity index (χ3n) is 6.89. The average molecular weight is 420 g/mol. The number of amides is 1. The molecule has 7 heteroatoms. The highest BCUT2D eigenvalue weighted by molar-refractivity contribution is 7.89. The monoisotopic (exact) mass is 419 g/mol. The van der Waals surface area contributed by atoms with Gasteiger partial charge in [-0.2, -0.15) is 4.31 Å². The van der Waals surface area contributed by atoms with Crippen LogP contribution < -0.4 is 0 Å². The third kappa shape index (κ3) is 4.52. The first kappa shape index (κ1) is 20.8. The Morgan fingerprint density at radius 2 is 1.45 bits per heavy atom. The molecule has 4 rings (SSSR count). The fraction of sp³-hybridized carbons (Fsp3) is 0.682. The second-order valence-corrected chi connectivity index (χ2v) is 10.8. The largest absolute Gasteiger partial charge is 0.339 e. The van der Waals surface area contributed by atoms with E-state index in [1.807, 2.05) is 4.90 Å². The number of carbonyl (C=O) groups is 1. The van der Waals surface area contributed by atoms with E-state index in [-0.39, 0.29) is 10.8 Å². The highest BCUT2D eigenvalue weighted by Gasteiger charge is 2.30. The van der Waals surface area contributed by atoms with Crippen LogP contribution in [0.3, 0.4) is 0 Å². The van der Waals surface area contributed by atoms with Crippen LogP contribution >= 0.6 is 0 Å². The molecule has 1 aromatic carbocycles. The van der Waals surface area contributed by atoms with Crippen LogP contribution in [-0.4, -0.2) is 73.7 Å². The zero-order valence-electron chi connectivity index (χ0n) is 17.4. The summed E-state index contributed by atoms with van der Waals surface area (Å²) < 4.78 is 27.3. The van der Waals surface area contributed by atoms with Crippen LogP contribution in [0, 0.1) is 5.92 Å². The zero-order valence-corrected chi connectivity index (χ0v) is 18.2. The molecule has 0 unspecified atom stereocenters. The van der Waals surface area contributed by atoms with Gasteiger partial charge >= 0.3 is 0 Å². The molecule has 3 aliphatic rings. The summed E-state index contributed by atoms with van der Waals surface area (Å²) in [6.45, 7) is 7.29. The van der Waals surface area contributed by atoms with Gasteiger partial charge in [0.05, 0.1) is 4.90 Å². The molecule has 0 aromatic heterocycles. The van der Waals surface area contributed by atoms with Crippen molar-refractivity contribution in [2.75, 3.05) is 39.3 Å². The number of hydrogen-bond donors (Lipinski definition) is 0. The molecule has 3 fully saturated rings. The normalized spacial score (nSPS) is 23.6. The number of benzene rings is 1. The summed E-state index contributed by atoms with van der Waals surface area (Å²) in [7, 11) is -3.47. The van der Waals surface area contributed by atoms with Crippen LogP contribution in [0.4, 0.5) is 0 Å². The SMILES string of the molecule is CC1CCN(S(=O)(=O)c2ccc(C(=O)N3CCC(N4CCCC4)CC3)cc2)CC1. The summed E-state index contributed by atoms with van der Waals surface area (Å²) in [5.74, 6) is 0.594. The summed E-state index contributed by atoms with van der Waals surface area (Å²) in [5, 5.41) is 0. The van der Waals surface area contributed by atoms with Gasteiger partial charge in [0.15, 0.2) is 0 Å². The number of carbonyl (C=O) groups excluding carboxylic acids is 1. The van der Waals surface area contributed by atoms with Gasteiger partial charge in [0.25, 0.3) is 5.91 Å². The Bertz CT molecular complexity index is 802. The topological polar surface area (TPSA) is 60.9 Å². The molecule has 3 saturated heterocycles. The molecule has 3 aliphatic heterocycles. The third-order valence-corrected chi connectivity index (χ3v) is 8.80. The lowest BCUT2D eigenvalue weighted by Gasteiger charge is -2.36. The van der Waals surface area contributed by atoms with E-state index in [2.05, 4.69) is 11.8 Å². The van der Waals surface area contributed by atoms with Crippen molar-refractivity contribution < 1.29 is 13.2 Å². The summed E-state index contributed by atoms with van der Waals surface area (Å²) in [4.78, 5) is 17.7. The quantitative estimate of drug-likeness (QED) is 0.753. The molecule has 0 N–H and O–H groups in total. The van der Waals surface area contributed by atoms with Crippen LogP contribution in [-0.2, 0) is 10.0 Å². The van der Waals surface area contributed by atoms with Gasteiger partial charge in [-0.05, 0) is 81.8 Å². The highest BCUT2D eigenvalue weighted by atomic mass is 32.2. The van der Waals surface area contributed by atoms with Crippen molar-refractivity contribution in [3.8, 4) is 0 Å².